The number of aryl methyl sites for hydroxylation is 1. The zero-order chi connectivity index (χ0) is 23.5. The number of carbonyl (C=O) groups is 2. The minimum Gasteiger partial charge on any atom is -0.325 e. The molecule has 1 fully saturated rings. The van der Waals surface area contributed by atoms with Crippen LogP contribution in [0.25, 0.3) is 5.69 Å². The van der Waals surface area contributed by atoms with E-state index in [1.54, 1.807) is 11.0 Å². The molecule has 1 aliphatic rings. The number of rotatable bonds is 6. The second-order valence-corrected chi connectivity index (χ2v) is 8.57. The van der Waals surface area contributed by atoms with Crippen molar-refractivity contribution in [1.82, 2.24) is 19.2 Å². The number of benzene rings is 2. The van der Waals surface area contributed by atoms with Gasteiger partial charge < -0.3 is 14.8 Å². The molecule has 0 aliphatic carbocycles. The summed E-state index contributed by atoms with van der Waals surface area (Å²) in [6.07, 6.45) is 5.29. The van der Waals surface area contributed by atoms with Gasteiger partial charge in [-0.15, -0.1) is 0 Å². The van der Waals surface area contributed by atoms with Crippen molar-refractivity contribution in [2.75, 3.05) is 11.9 Å². The van der Waals surface area contributed by atoms with Crippen LogP contribution in [0.3, 0.4) is 0 Å². The van der Waals surface area contributed by atoms with Crippen molar-refractivity contribution in [1.29, 1.82) is 0 Å². The number of likely N-dealkylation sites (tertiary alicyclic amines) is 1. The summed E-state index contributed by atoms with van der Waals surface area (Å²) < 4.78 is 3.79. The molecule has 0 bridgehead atoms. The molecule has 0 saturated carbocycles. The van der Waals surface area contributed by atoms with Gasteiger partial charge in [0, 0.05) is 24.6 Å². The van der Waals surface area contributed by atoms with Crippen molar-refractivity contribution in [2.24, 2.45) is 0 Å². The first-order valence-corrected chi connectivity index (χ1v) is 11.5. The number of amides is 2. The van der Waals surface area contributed by atoms with Gasteiger partial charge in [0.05, 0.1) is 17.9 Å². The van der Waals surface area contributed by atoms with Crippen LogP contribution in [0.4, 0.5) is 5.69 Å². The van der Waals surface area contributed by atoms with E-state index in [0.29, 0.717) is 30.9 Å². The zero-order valence-electron chi connectivity index (χ0n) is 19.1. The Morgan fingerprint density at radius 3 is 2.53 bits per heavy atom. The first-order valence-electron chi connectivity index (χ1n) is 11.5. The van der Waals surface area contributed by atoms with Crippen LogP contribution in [-0.2, 0) is 11.3 Å². The van der Waals surface area contributed by atoms with Gasteiger partial charge in [-0.1, -0.05) is 42.5 Å². The fraction of sp³-hybridized carbons (Fsp3) is 0.222. The predicted octanol–water partition coefficient (Wildman–Crippen LogP) is 4.27. The zero-order valence-corrected chi connectivity index (χ0v) is 19.1. The van der Waals surface area contributed by atoms with Crippen molar-refractivity contribution in [2.45, 2.75) is 32.4 Å². The Bertz CT molecular complexity index is 1290. The van der Waals surface area contributed by atoms with E-state index in [0.717, 1.165) is 23.4 Å². The molecule has 0 spiro atoms. The molecule has 172 valence electrons. The number of carbonyl (C=O) groups excluding carboxylic acids is 2. The molecule has 7 nitrogen and oxygen atoms in total. The lowest BCUT2D eigenvalue weighted by Gasteiger charge is -2.23. The molecule has 4 aromatic rings. The second-order valence-electron chi connectivity index (χ2n) is 8.57. The summed E-state index contributed by atoms with van der Waals surface area (Å²) >= 11 is 0. The van der Waals surface area contributed by atoms with E-state index in [1.807, 2.05) is 95.3 Å². The van der Waals surface area contributed by atoms with Crippen molar-refractivity contribution in [3.05, 3.63) is 102 Å². The van der Waals surface area contributed by atoms with E-state index in [2.05, 4.69) is 10.4 Å². The smallest absolute Gasteiger partial charge is 0.275 e. The van der Waals surface area contributed by atoms with Gasteiger partial charge in [-0.05, 0) is 55.7 Å². The van der Waals surface area contributed by atoms with Crippen LogP contribution in [0.1, 0.15) is 34.6 Å². The quantitative estimate of drug-likeness (QED) is 0.474. The molecule has 0 unspecified atom stereocenters. The second kappa shape index (κ2) is 9.39. The first kappa shape index (κ1) is 21.7. The van der Waals surface area contributed by atoms with Crippen LogP contribution in [-0.4, -0.2) is 43.6 Å². The van der Waals surface area contributed by atoms with Crippen LogP contribution in [0.5, 0.6) is 0 Å². The molecular formula is C27H27N5O2. The summed E-state index contributed by atoms with van der Waals surface area (Å²) in [5, 5.41) is 7.61. The Labute approximate surface area is 198 Å². The molecule has 3 heterocycles. The summed E-state index contributed by atoms with van der Waals surface area (Å²) in [5.74, 6) is -0.378. The fourth-order valence-corrected chi connectivity index (χ4v) is 4.48. The average Bonchev–Trinajstić information content (AvgIpc) is 3.62. The van der Waals surface area contributed by atoms with Gasteiger partial charge in [0.25, 0.3) is 5.91 Å². The van der Waals surface area contributed by atoms with E-state index < -0.39 is 6.04 Å². The van der Waals surface area contributed by atoms with Crippen molar-refractivity contribution in [3.8, 4) is 5.69 Å². The highest BCUT2D eigenvalue weighted by molar-refractivity contribution is 6.01. The lowest BCUT2D eigenvalue weighted by Crippen LogP contribution is -2.43. The largest absolute Gasteiger partial charge is 0.325 e. The highest BCUT2D eigenvalue weighted by Gasteiger charge is 2.36. The number of hydrogen-bond donors (Lipinski definition) is 1. The highest BCUT2D eigenvalue weighted by Crippen LogP contribution is 2.25. The summed E-state index contributed by atoms with van der Waals surface area (Å²) in [6.45, 7) is 3.08. The number of aromatic nitrogens is 3. The Hall–Kier alpha value is -4.13. The Balaban J connectivity index is 1.32. The minimum absolute atomic E-state index is 0.175. The van der Waals surface area contributed by atoms with Gasteiger partial charge in [0.15, 0.2) is 5.69 Å². The Morgan fingerprint density at radius 1 is 1.00 bits per heavy atom. The summed E-state index contributed by atoms with van der Waals surface area (Å²) in [7, 11) is 0. The summed E-state index contributed by atoms with van der Waals surface area (Å²) in [4.78, 5) is 28.3. The van der Waals surface area contributed by atoms with Crippen molar-refractivity contribution < 1.29 is 9.59 Å². The normalized spacial score (nSPS) is 15.4. The van der Waals surface area contributed by atoms with Crippen LogP contribution in [0, 0.1) is 6.92 Å². The maximum absolute atomic E-state index is 13.4. The molecule has 1 saturated heterocycles. The number of para-hydroxylation sites is 2. The Kier molecular flexibility index (Phi) is 5.99. The van der Waals surface area contributed by atoms with Gasteiger partial charge in [0.1, 0.15) is 6.04 Å². The number of nitrogens with zero attached hydrogens (tertiary/aromatic N) is 4. The maximum Gasteiger partial charge on any atom is 0.275 e. The van der Waals surface area contributed by atoms with E-state index in [9.17, 15) is 9.59 Å². The maximum atomic E-state index is 13.4. The molecule has 1 N–H and O–H groups in total. The van der Waals surface area contributed by atoms with Crippen LogP contribution in [0.2, 0.25) is 0 Å². The lowest BCUT2D eigenvalue weighted by atomic mass is 10.2. The molecule has 2 amide bonds. The average molecular weight is 454 g/mol. The van der Waals surface area contributed by atoms with Crippen LogP contribution in [0.15, 0.2) is 85.2 Å². The third kappa shape index (κ3) is 4.37. The number of anilines is 1. The Morgan fingerprint density at radius 2 is 1.74 bits per heavy atom. The molecule has 2 aromatic carbocycles. The van der Waals surface area contributed by atoms with Crippen molar-refractivity contribution >= 4 is 17.5 Å². The summed E-state index contributed by atoms with van der Waals surface area (Å²) in [6, 6.07) is 22.8. The molecule has 5 rings (SSSR count). The van der Waals surface area contributed by atoms with E-state index in [1.165, 1.54) is 0 Å². The molecule has 2 aromatic heterocycles. The molecule has 1 aliphatic heterocycles. The van der Waals surface area contributed by atoms with E-state index in [4.69, 9.17) is 0 Å². The van der Waals surface area contributed by atoms with E-state index >= 15 is 0 Å². The fourth-order valence-electron chi connectivity index (χ4n) is 4.48. The predicted molar refractivity (Wildman–Crippen MR) is 131 cm³/mol. The molecular weight excluding hydrogens is 426 g/mol. The van der Waals surface area contributed by atoms with Crippen LogP contribution < -0.4 is 5.32 Å². The topological polar surface area (TPSA) is 72.2 Å². The first-order chi connectivity index (χ1) is 16.6. The van der Waals surface area contributed by atoms with Gasteiger partial charge in [-0.3, -0.25) is 14.3 Å². The molecule has 7 heteroatoms. The van der Waals surface area contributed by atoms with Gasteiger partial charge in [0.2, 0.25) is 5.91 Å². The van der Waals surface area contributed by atoms with Gasteiger partial charge >= 0.3 is 0 Å². The number of hydrogen-bond acceptors (Lipinski definition) is 3. The minimum atomic E-state index is -0.523. The SMILES string of the molecule is Cc1cc(C(=O)N2CCC[C@H]2C(=O)Nc2ccccc2-n2cccc2)nn1Cc1ccccc1. The highest BCUT2D eigenvalue weighted by atomic mass is 16.2. The summed E-state index contributed by atoms with van der Waals surface area (Å²) in [5.41, 5.74) is 4.00. The van der Waals surface area contributed by atoms with Crippen molar-refractivity contribution in [3.63, 3.8) is 0 Å². The van der Waals surface area contributed by atoms with Gasteiger partial charge in [-0.2, -0.15) is 5.10 Å². The molecule has 0 radical (unpaired) electrons. The molecule has 34 heavy (non-hydrogen) atoms. The number of nitrogens with one attached hydrogen (secondary N) is 1. The van der Waals surface area contributed by atoms with Gasteiger partial charge in [-0.25, -0.2) is 0 Å². The monoisotopic (exact) mass is 453 g/mol. The third-order valence-corrected chi connectivity index (χ3v) is 6.24. The standard InChI is InChI=1S/C27H27N5O2/c1-20-18-23(29-32(20)19-21-10-3-2-4-11-21)27(34)31-17-9-14-25(31)26(33)28-22-12-5-6-13-24(22)30-15-7-8-16-30/h2-8,10-13,15-16,18,25H,9,14,17,19H2,1H3,(H,28,33)/t25-/m0/s1. The van der Waals surface area contributed by atoms with E-state index in [-0.39, 0.29) is 11.8 Å². The molecule has 1 atom stereocenters. The van der Waals surface area contributed by atoms with Crippen LogP contribution >= 0.6 is 0 Å². The third-order valence-electron chi connectivity index (χ3n) is 6.24. The lowest BCUT2D eigenvalue weighted by molar-refractivity contribution is -0.119.